The van der Waals surface area contributed by atoms with Crippen LogP contribution >= 0.6 is 0 Å². The van der Waals surface area contributed by atoms with Crippen LogP contribution in [-0.2, 0) is 16.0 Å². The monoisotopic (exact) mass is 366 g/mol. The van der Waals surface area contributed by atoms with Crippen LogP contribution in [0.1, 0.15) is 36.2 Å². The summed E-state index contributed by atoms with van der Waals surface area (Å²) in [4.78, 5) is 38.9. The van der Waals surface area contributed by atoms with Gasteiger partial charge in [0.25, 0.3) is 0 Å². The summed E-state index contributed by atoms with van der Waals surface area (Å²) in [6.07, 6.45) is 0.752. The number of Topliss-reactive ketones (excluding diaryl/α,β-unsaturated/α-hetero) is 1. The second kappa shape index (κ2) is 9.67. The largest absolute Gasteiger partial charge is 0.368 e. The number of hydrogen-bond donors (Lipinski definition) is 1. The molecule has 2 N–H and O–H groups in total. The molecule has 0 bridgehead atoms. The van der Waals surface area contributed by atoms with Gasteiger partial charge in [-0.1, -0.05) is 74.5 Å². The van der Waals surface area contributed by atoms with Crippen molar-refractivity contribution < 1.29 is 14.4 Å². The molecule has 5 nitrogen and oxygen atoms in total. The molecule has 2 amide bonds. The van der Waals surface area contributed by atoms with Crippen molar-refractivity contribution in [3.63, 3.8) is 0 Å². The van der Waals surface area contributed by atoms with E-state index in [0.717, 1.165) is 5.56 Å². The highest BCUT2D eigenvalue weighted by atomic mass is 16.2. The van der Waals surface area contributed by atoms with Gasteiger partial charge in [0.15, 0.2) is 5.78 Å². The van der Waals surface area contributed by atoms with Crippen LogP contribution in [0.4, 0.5) is 0 Å². The lowest BCUT2D eigenvalue weighted by atomic mass is 9.99. The molecule has 2 rings (SSSR count). The molecule has 5 heteroatoms. The summed E-state index contributed by atoms with van der Waals surface area (Å²) in [5.41, 5.74) is 7.09. The Morgan fingerprint density at radius 3 is 2.00 bits per heavy atom. The van der Waals surface area contributed by atoms with E-state index in [1.165, 1.54) is 4.90 Å². The van der Waals surface area contributed by atoms with Gasteiger partial charge in [0.05, 0.1) is 6.54 Å². The maximum absolute atomic E-state index is 12.9. The van der Waals surface area contributed by atoms with Gasteiger partial charge in [0.2, 0.25) is 11.8 Å². The molecule has 0 aromatic heterocycles. The molecule has 142 valence electrons. The summed E-state index contributed by atoms with van der Waals surface area (Å²) < 4.78 is 0. The summed E-state index contributed by atoms with van der Waals surface area (Å²) in [6, 6.07) is 17.6. The molecule has 1 unspecified atom stereocenters. The molecule has 0 saturated heterocycles. The Bertz CT molecular complexity index is 773. The highest BCUT2D eigenvalue weighted by Crippen LogP contribution is 2.15. The van der Waals surface area contributed by atoms with Crippen molar-refractivity contribution in [2.75, 3.05) is 6.54 Å². The third kappa shape index (κ3) is 5.78. The van der Waals surface area contributed by atoms with E-state index >= 15 is 0 Å². The fraction of sp³-hybridized carbons (Fsp3) is 0.318. The smallest absolute Gasteiger partial charge is 0.240 e. The SMILES string of the molecule is CC(C)C(C(N)=O)N(CC(=O)c1ccccc1)C(=O)CCc1ccccc1. The van der Waals surface area contributed by atoms with Crippen LogP contribution < -0.4 is 5.73 Å². The van der Waals surface area contributed by atoms with Crippen LogP contribution in [0.15, 0.2) is 60.7 Å². The van der Waals surface area contributed by atoms with Crippen LogP contribution in [0.5, 0.6) is 0 Å². The number of carbonyl (C=O) groups is 3. The fourth-order valence-electron chi connectivity index (χ4n) is 3.09. The molecule has 27 heavy (non-hydrogen) atoms. The first-order valence-electron chi connectivity index (χ1n) is 9.11. The van der Waals surface area contributed by atoms with Gasteiger partial charge in [-0.2, -0.15) is 0 Å². The first kappa shape index (κ1) is 20.4. The fourth-order valence-corrected chi connectivity index (χ4v) is 3.09. The summed E-state index contributed by atoms with van der Waals surface area (Å²) in [5, 5.41) is 0. The van der Waals surface area contributed by atoms with Crippen molar-refractivity contribution in [3.8, 4) is 0 Å². The minimum absolute atomic E-state index is 0.163. The molecule has 0 heterocycles. The minimum Gasteiger partial charge on any atom is -0.368 e. The van der Waals surface area contributed by atoms with E-state index in [1.807, 2.05) is 50.2 Å². The predicted octanol–water partition coefficient (Wildman–Crippen LogP) is 2.84. The number of nitrogens with two attached hydrogens (primary N) is 1. The highest BCUT2D eigenvalue weighted by Gasteiger charge is 2.32. The van der Waals surface area contributed by atoms with Crippen molar-refractivity contribution in [2.24, 2.45) is 11.7 Å². The molecule has 0 aliphatic rings. The number of rotatable bonds is 9. The third-order valence-electron chi connectivity index (χ3n) is 4.46. The summed E-state index contributed by atoms with van der Waals surface area (Å²) >= 11 is 0. The van der Waals surface area contributed by atoms with Crippen molar-refractivity contribution in [1.82, 2.24) is 4.90 Å². The van der Waals surface area contributed by atoms with Crippen molar-refractivity contribution in [2.45, 2.75) is 32.7 Å². The Kier molecular flexibility index (Phi) is 7.29. The molecule has 2 aromatic carbocycles. The van der Waals surface area contributed by atoms with E-state index in [9.17, 15) is 14.4 Å². The quantitative estimate of drug-likeness (QED) is 0.693. The molecule has 0 saturated carbocycles. The molecular formula is C22H26N2O3. The predicted molar refractivity (Wildman–Crippen MR) is 105 cm³/mol. The topological polar surface area (TPSA) is 80.5 Å². The van der Waals surface area contributed by atoms with E-state index in [-0.39, 0.29) is 30.6 Å². The van der Waals surface area contributed by atoms with Gasteiger partial charge >= 0.3 is 0 Å². The Morgan fingerprint density at radius 1 is 0.926 bits per heavy atom. The second-order valence-corrected chi connectivity index (χ2v) is 6.89. The summed E-state index contributed by atoms with van der Waals surface area (Å²) in [7, 11) is 0. The van der Waals surface area contributed by atoms with Gasteiger partial charge in [-0.25, -0.2) is 0 Å². The zero-order valence-corrected chi connectivity index (χ0v) is 15.8. The number of nitrogens with zero attached hydrogens (tertiary/aromatic N) is 1. The number of aryl methyl sites for hydroxylation is 1. The molecule has 0 fully saturated rings. The van der Waals surface area contributed by atoms with Gasteiger partial charge in [0, 0.05) is 12.0 Å². The van der Waals surface area contributed by atoms with Gasteiger partial charge in [-0.3, -0.25) is 14.4 Å². The van der Waals surface area contributed by atoms with E-state index in [1.54, 1.807) is 24.3 Å². The van der Waals surface area contributed by atoms with Crippen molar-refractivity contribution in [1.29, 1.82) is 0 Å². The molecule has 1 atom stereocenters. The summed E-state index contributed by atoms with van der Waals surface area (Å²) in [6.45, 7) is 3.48. The average Bonchev–Trinajstić information content (AvgIpc) is 2.66. The number of ketones is 1. The van der Waals surface area contributed by atoms with Crippen LogP contribution in [0.3, 0.4) is 0 Å². The zero-order valence-electron chi connectivity index (χ0n) is 15.8. The minimum atomic E-state index is -0.819. The Balaban J connectivity index is 2.19. The number of hydrogen-bond acceptors (Lipinski definition) is 3. The lowest BCUT2D eigenvalue weighted by Gasteiger charge is -2.32. The summed E-state index contributed by atoms with van der Waals surface area (Å²) in [5.74, 6) is -1.25. The standard InChI is InChI=1S/C22H26N2O3/c1-16(2)21(22(23)27)24(15-19(25)18-11-7-4-8-12-18)20(26)14-13-17-9-5-3-6-10-17/h3-12,16,21H,13-15H2,1-2H3,(H2,23,27). The molecule has 2 aromatic rings. The molecule has 0 radical (unpaired) electrons. The maximum Gasteiger partial charge on any atom is 0.240 e. The lowest BCUT2D eigenvalue weighted by molar-refractivity contribution is -0.140. The number of primary amides is 1. The molecule has 0 aliphatic heterocycles. The van der Waals surface area contributed by atoms with Crippen molar-refractivity contribution in [3.05, 3.63) is 71.8 Å². The normalized spacial score (nSPS) is 11.8. The van der Waals surface area contributed by atoms with Gasteiger partial charge in [-0.15, -0.1) is 0 Å². The first-order valence-corrected chi connectivity index (χ1v) is 9.11. The number of amides is 2. The van der Waals surface area contributed by atoms with Crippen LogP contribution in [-0.4, -0.2) is 35.1 Å². The molecule has 0 aliphatic carbocycles. The van der Waals surface area contributed by atoms with Gasteiger partial charge in [0.1, 0.15) is 6.04 Å². The third-order valence-corrected chi connectivity index (χ3v) is 4.46. The zero-order chi connectivity index (χ0) is 19.8. The number of benzene rings is 2. The van der Waals surface area contributed by atoms with Crippen LogP contribution in [0.25, 0.3) is 0 Å². The van der Waals surface area contributed by atoms with E-state index < -0.39 is 11.9 Å². The lowest BCUT2D eigenvalue weighted by Crippen LogP contribution is -2.52. The first-order chi connectivity index (χ1) is 12.9. The second-order valence-electron chi connectivity index (χ2n) is 6.89. The van der Waals surface area contributed by atoms with Gasteiger partial charge < -0.3 is 10.6 Å². The average molecular weight is 366 g/mol. The van der Waals surface area contributed by atoms with Crippen molar-refractivity contribution >= 4 is 17.6 Å². The van der Waals surface area contributed by atoms with Gasteiger partial charge in [-0.05, 0) is 17.9 Å². The van der Waals surface area contributed by atoms with Crippen LogP contribution in [0, 0.1) is 5.92 Å². The Hall–Kier alpha value is -2.95. The van der Waals surface area contributed by atoms with E-state index in [0.29, 0.717) is 12.0 Å². The molecule has 0 spiro atoms. The Labute approximate surface area is 160 Å². The highest BCUT2D eigenvalue weighted by molar-refractivity contribution is 6.00. The van der Waals surface area contributed by atoms with Crippen LogP contribution in [0.2, 0.25) is 0 Å². The van der Waals surface area contributed by atoms with E-state index in [4.69, 9.17) is 5.73 Å². The maximum atomic E-state index is 12.9. The Morgan fingerprint density at radius 2 is 1.48 bits per heavy atom. The number of carbonyl (C=O) groups excluding carboxylic acids is 3. The molecular weight excluding hydrogens is 340 g/mol. The van der Waals surface area contributed by atoms with E-state index in [2.05, 4.69) is 0 Å².